The molecule has 1 heterocycles. The van der Waals surface area contributed by atoms with Crippen molar-refractivity contribution in [3.8, 4) is 0 Å². The topological polar surface area (TPSA) is 121 Å². The molecular formula is C47H83NO9P+. The molecule has 4 atom stereocenters. The normalized spacial score (nSPS) is 17.6. The molecule has 1 N–H and O–H groups in total. The van der Waals surface area contributed by atoms with E-state index in [0.29, 0.717) is 36.1 Å². The second-order valence-corrected chi connectivity index (χ2v) is 17.9. The molecule has 0 aromatic rings. The lowest BCUT2D eigenvalue weighted by Gasteiger charge is -2.24. The van der Waals surface area contributed by atoms with E-state index in [1.165, 1.54) is 64.2 Å². The van der Waals surface area contributed by atoms with Crippen molar-refractivity contribution >= 4 is 19.8 Å². The van der Waals surface area contributed by atoms with Crippen LogP contribution in [0.15, 0.2) is 60.8 Å². The molecule has 3 unspecified atom stereocenters. The van der Waals surface area contributed by atoms with Crippen LogP contribution >= 0.6 is 7.82 Å². The van der Waals surface area contributed by atoms with Gasteiger partial charge in [0.05, 0.1) is 40.0 Å². The number of phosphoric acid groups is 1. The molecule has 1 aliphatic heterocycles. The number of hydrogen-bond donors (Lipinski definition) is 1. The fraction of sp³-hybridized carbons (Fsp3) is 0.745. The molecule has 1 saturated heterocycles. The Balaban J connectivity index is 2.31. The number of likely N-dealkylation sites (N-methyl/N-ethyl adjacent to an activating group) is 1. The Morgan fingerprint density at radius 3 is 1.67 bits per heavy atom. The molecule has 0 spiro atoms. The van der Waals surface area contributed by atoms with Crippen LogP contribution in [0.2, 0.25) is 0 Å². The molecule has 10 nitrogen and oxygen atoms in total. The summed E-state index contributed by atoms with van der Waals surface area (Å²) < 4.78 is 39.9. The first-order chi connectivity index (χ1) is 28.0. The van der Waals surface area contributed by atoms with Gasteiger partial charge in [0.15, 0.2) is 6.10 Å². The summed E-state index contributed by atoms with van der Waals surface area (Å²) in [7, 11) is 1.43. The maximum atomic E-state index is 12.7. The third kappa shape index (κ3) is 35.6. The Morgan fingerprint density at radius 2 is 1.14 bits per heavy atom. The Morgan fingerprint density at radius 1 is 0.638 bits per heavy atom. The summed E-state index contributed by atoms with van der Waals surface area (Å²) in [4.78, 5) is 35.4. The van der Waals surface area contributed by atoms with Crippen molar-refractivity contribution in [3.63, 3.8) is 0 Å². The number of carbonyl (C=O) groups is 2. The van der Waals surface area contributed by atoms with Gasteiger partial charge in [-0.3, -0.25) is 18.6 Å². The molecule has 11 heteroatoms. The maximum absolute atomic E-state index is 12.7. The van der Waals surface area contributed by atoms with Gasteiger partial charge >= 0.3 is 19.8 Å². The largest absolute Gasteiger partial charge is 0.472 e. The van der Waals surface area contributed by atoms with Crippen molar-refractivity contribution in [3.05, 3.63) is 60.8 Å². The van der Waals surface area contributed by atoms with Crippen LogP contribution in [0, 0.1) is 0 Å². The molecule has 0 amide bonds. The van der Waals surface area contributed by atoms with E-state index in [1.807, 2.05) is 33.3 Å². The van der Waals surface area contributed by atoms with E-state index in [4.69, 9.17) is 23.3 Å². The van der Waals surface area contributed by atoms with E-state index in [2.05, 4.69) is 62.5 Å². The van der Waals surface area contributed by atoms with Gasteiger partial charge in [-0.25, -0.2) is 4.57 Å². The smallest absolute Gasteiger partial charge is 0.462 e. The molecule has 0 aromatic carbocycles. The predicted octanol–water partition coefficient (Wildman–Crippen LogP) is 11.8. The van der Waals surface area contributed by atoms with E-state index in [9.17, 15) is 19.0 Å². The summed E-state index contributed by atoms with van der Waals surface area (Å²) in [6.45, 7) is 4.21. The highest BCUT2D eigenvalue weighted by Gasteiger charge is 2.36. The van der Waals surface area contributed by atoms with Crippen LogP contribution in [0.3, 0.4) is 0 Å². The predicted molar refractivity (Wildman–Crippen MR) is 237 cm³/mol. The molecule has 1 rings (SSSR count). The quantitative estimate of drug-likeness (QED) is 0.0161. The fourth-order valence-corrected chi connectivity index (χ4v) is 6.82. The van der Waals surface area contributed by atoms with Crippen molar-refractivity contribution in [2.75, 3.05) is 47.5 Å². The second-order valence-electron chi connectivity index (χ2n) is 16.4. The lowest BCUT2D eigenvalue weighted by molar-refractivity contribution is -0.870. The summed E-state index contributed by atoms with van der Waals surface area (Å²) in [5.74, 6) is -0.901. The lowest BCUT2D eigenvalue weighted by atomic mass is 10.0. The van der Waals surface area contributed by atoms with Crippen LogP contribution < -0.4 is 0 Å². The molecule has 0 radical (unpaired) electrons. The highest BCUT2D eigenvalue weighted by Crippen LogP contribution is 2.43. The summed E-state index contributed by atoms with van der Waals surface area (Å²) >= 11 is 0. The Labute approximate surface area is 353 Å². The first kappa shape index (κ1) is 53.7. The lowest BCUT2D eigenvalue weighted by Crippen LogP contribution is -2.37. The first-order valence-electron chi connectivity index (χ1n) is 22.6. The molecule has 0 bridgehead atoms. The Hall–Kier alpha value is -2.33. The number of hydrogen-bond acceptors (Lipinski definition) is 8. The number of esters is 2. The minimum Gasteiger partial charge on any atom is -0.462 e. The van der Waals surface area contributed by atoms with Gasteiger partial charge in [-0.1, -0.05) is 158 Å². The van der Waals surface area contributed by atoms with Crippen molar-refractivity contribution in [2.45, 2.75) is 180 Å². The average Bonchev–Trinajstić information content (AvgIpc) is 3.93. The maximum Gasteiger partial charge on any atom is 0.472 e. The SMILES string of the molecule is CC/C=C\CC1OC1C/C=C\C/C=C\C/C=C\C/C=C\CCC(=O)OC[C@H](COP(=O)(O)OCC[N+](C)(C)C)OC(=O)CCCCCCCCCCCCCCCC. The molecule has 58 heavy (non-hydrogen) atoms. The molecule has 334 valence electrons. The third-order valence-electron chi connectivity index (χ3n) is 9.73. The first-order valence-corrected chi connectivity index (χ1v) is 24.1. The minimum absolute atomic E-state index is 0.0173. The zero-order valence-electron chi connectivity index (χ0n) is 37.2. The van der Waals surface area contributed by atoms with Gasteiger partial charge in [0, 0.05) is 12.8 Å². The molecule has 1 aliphatic rings. The number of allylic oxidation sites excluding steroid dienone is 8. The molecule has 0 saturated carbocycles. The number of phosphoric ester groups is 1. The van der Waals surface area contributed by atoms with Crippen LogP contribution in [0.5, 0.6) is 0 Å². The van der Waals surface area contributed by atoms with Crippen molar-refractivity contribution in [1.29, 1.82) is 0 Å². The zero-order valence-corrected chi connectivity index (χ0v) is 38.1. The van der Waals surface area contributed by atoms with Crippen LogP contribution in [0.25, 0.3) is 0 Å². The summed E-state index contributed by atoms with van der Waals surface area (Å²) in [6, 6.07) is 0. The van der Waals surface area contributed by atoms with Gasteiger partial charge in [-0.15, -0.1) is 0 Å². The minimum atomic E-state index is -4.39. The average molecular weight is 837 g/mol. The Bertz CT molecular complexity index is 1240. The number of carbonyl (C=O) groups excluding carboxylic acids is 2. The van der Waals surface area contributed by atoms with E-state index in [0.717, 1.165) is 57.8 Å². The number of nitrogens with zero attached hydrogens (tertiary/aromatic N) is 1. The van der Waals surface area contributed by atoms with Gasteiger partial charge in [0.25, 0.3) is 0 Å². The van der Waals surface area contributed by atoms with E-state index >= 15 is 0 Å². The fourth-order valence-electron chi connectivity index (χ4n) is 6.08. The molecular weight excluding hydrogens is 753 g/mol. The van der Waals surface area contributed by atoms with Gasteiger partial charge in [0.1, 0.15) is 19.8 Å². The van der Waals surface area contributed by atoms with Crippen LogP contribution in [-0.4, -0.2) is 87.1 Å². The van der Waals surface area contributed by atoms with Gasteiger partial charge < -0.3 is 23.6 Å². The molecule has 0 aromatic heterocycles. The number of ether oxygens (including phenoxy) is 3. The number of unbranched alkanes of at least 4 members (excludes halogenated alkanes) is 13. The number of quaternary nitrogens is 1. The van der Waals surface area contributed by atoms with Crippen molar-refractivity contribution in [2.24, 2.45) is 0 Å². The highest BCUT2D eigenvalue weighted by atomic mass is 31.2. The van der Waals surface area contributed by atoms with Crippen LogP contribution in [0.1, 0.15) is 162 Å². The zero-order chi connectivity index (χ0) is 42.6. The van der Waals surface area contributed by atoms with Gasteiger partial charge in [-0.2, -0.15) is 0 Å². The van der Waals surface area contributed by atoms with E-state index < -0.39 is 32.5 Å². The van der Waals surface area contributed by atoms with Crippen molar-refractivity contribution in [1.82, 2.24) is 0 Å². The highest BCUT2D eigenvalue weighted by molar-refractivity contribution is 7.47. The van der Waals surface area contributed by atoms with Crippen molar-refractivity contribution < 1.29 is 46.8 Å². The third-order valence-corrected chi connectivity index (χ3v) is 10.7. The monoisotopic (exact) mass is 837 g/mol. The van der Waals surface area contributed by atoms with Crippen LogP contribution in [0.4, 0.5) is 0 Å². The molecule has 0 aliphatic carbocycles. The molecule has 1 fully saturated rings. The summed E-state index contributed by atoms with van der Waals surface area (Å²) in [5.41, 5.74) is 0. The van der Waals surface area contributed by atoms with E-state index in [-0.39, 0.29) is 26.1 Å². The number of epoxide rings is 1. The second kappa shape index (κ2) is 35.4. The van der Waals surface area contributed by atoms with Gasteiger partial charge in [0.2, 0.25) is 0 Å². The van der Waals surface area contributed by atoms with E-state index in [1.54, 1.807) is 0 Å². The number of rotatable bonds is 39. The Kier molecular flexibility index (Phi) is 32.8. The summed E-state index contributed by atoms with van der Waals surface area (Å²) in [5, 5.41) is 0. The van der Waals surface area contributed by atoms with Crippen LogP contribution in [-0.2, 0) is 37.4 Å². The summed E-state index contributed by atoms with van der Waals surface area (Å²) in [6.07, 6.45) is 44.6. The van der Waals surface area contributed by atoms with Gasteiger partial charge in [-0.05, 0) is 51.4 Å². The standard InChI is InChI=1S/C47H82NO9P/c1-6-8-10-11-12-13-14-15-16-21-24-27-30-34-38-47(50)56-43(42-55-58(51,52)54-40-39-48(3,4)5)41-53-46(49)37-33-29-26-23-20-18-17-19-22-25-28-32-36-45-44(57-45)35-31-9-7-2/h9,18-20,22,26,28-29,31-32,43-45H,6-8,10-17,21,23-25,27,30,33-42H2,1-5H3/p+1/b20-18-,22-19-,29-26-,31-9-,32-28-/t43-,44?,45?/m1/s1.